The van der Waals surface area contributed by atoms with Crippen LogP contribution in [-0.2, 0) is 20.7 Å². The van der Waals surface area contributed by atoms with Crippen molar-refractivity contribution in [1.82, 2.24) is 10.2 Å². The van der Waals surface area contributed by atoms with Gasteiger partial charge < -0.3 is 15.0 Å². The van der Waals surface area contributed by atoms with Crippen molar-refractivity contribution in [2.24, 2.45) is 0 Å². The Balaban J connectivity index is 1.44. The SMILES string of the molecule is Cc1cccc(/C=C2/OC3CCCCC3N(CC(=O)NCCc3ccccc3)C2=O)c1. The lowest BCUT2D eigenvalue weighted by atomic mass is 9.89. The van der Waals surface area contributed by atoms with E-state index in [0.717, 1.165) is 43.2 Å². The smallest absolute Gasteiger partial charge is 0.289 e. The van der Waals surface area contributed by atoms with Crippen molar-refractivity contribution in [2.45, 2.75) is 51.2 Å². The van der Waals surface area contributed by atoms with Gasteiger partial charge in [0.25, 0.3) is 5.91 Å². The number of carbonyl (C=O) groups is 2. The highest BCUT2D eigenvalue weighted by molar-refractivity contribution is 5.98. The number of rotatable bonds is 6. The summed E-state index contributed by atoms with van der Waals surface area (Å²) in [6, 6.07) is 18.0. The molecule has 1 aliphatic heterocycles. The summed E-state index contributed by atoms with van der Waals surface area (Å²) in [6.45, 7) is 2.65. The lowest BCUT2D eigenvalue weighted by molar-refractivity contribution is -0.151. The molecule has 1 saturated heterocycles. The van der Waals surface area contributed by atoms with E-state index in [4.69, 9.17) is 4.74 Å². The summed E-state index contributed by atoms with van der Waals surface area (Å²) in [5.41, 5.74) is 3.24. The van der Waals surface area contributed by atoms with E-state index in [-0.39, 0.29) is 30.5 Å². The fourth-order valence-electron chi connectivity index (χ4n) is 4.47. The minimum absolute atomic E-state index is 0.0317. The van der Waals surface area contributed by atoms with Crippen LogP contribution in [-0.4, -0.2) is 41.9 Å². The topological polar surface area (TPSA) is 58.6 Å². The minimum atomic E-state index is -0.192. The number of hydrogen-bond acceptors (Lipinski definition) is 3. The van der Waals surface area contributed by atoms with Gasteiger partial charge in [-0.25, -0.2) is 0 Å². The van der Waals surface area contributed by atoms with E-state index >= 15 is 0 Å². The van der Waals surface area contributed by atoms with Gasteiger partial charge in [-0.15, -0.1) is 0 Å². The van der Waals surface area contributed by atoms with E-state index in [9.17, 15) is 9.59 Å². The number of carbonyl (C=O) groups excluding carboxylic acids is 2. The molecule has 4 rings (SSSR count). The van der Waals surface area contributed by atoms with Gasteiger partial charge in [0.05, 0.1) is 6.04 Å². The Bertz CT molecular complexity index is 954. The first-order valence-electron chi connectivity index (χ1n) is 11.2. The average molecular weight is 419 g/mol. The van der Waals surface area contributed by atoms with Gasteiger partial charge >= 0.3 is 0 Å². The standard InChI is InChI=1S/C26H30N2O3/c1-19-8-7-11-21(16-19)17-24-26(30)28(22-12-5-6-13-23(22)31-24)18-25(29)27-15-14-20-9-3-2-4-10-20/h2-4,7-11,16-17,22-23H,5-6,12-15,18H2,1H3,(H,27,29)/b24-17+. The van der Waals surface area contributed by atoms with Crippen LogP contribution in [0.15, 0.2) is 60.4 Å². The van der Waals surface area contributed by atoms with E-state index in [1.165, 1.54) is 5.56 Å². The number of fused-ring (bicyclic) bond motifs is 1. The molecule has 1 aliphatic carbocycles. The average Bonchev–Trinajstić information content (AvgIpc) is 2.77. The summed E-state index contributed by atoms with van der Waals surface area (Å²) in [4.78, 5) is 27.6. The second kappa shape index (κ2) is 9.82. The summed E-state index contributed by atoms with van der Waals surface area (Å²) in [7, 11) is 0. The van der Waals surface area contributed by atoms with Gasteiger partial charge in [0, 0.05) is 6.54 Å². The Hall–Kier alpha value is -3.08. The molecule has 0 aromatic heterocycles. The fourth-order valence-corrected chi connectivity index (χ4v) is 4.47. The number of ether oxygens (including phenoxy) is 1. The molecular weight excluding hydrogens is 388 g/mol. The van der Waals surface area contributed by atoms with Crippen LogP contribution in [0, 0.1) is 6.92 Å². The first kappa shape index (κ1) is 21.2. The van der Waals surface area contributed by atoms with Gasteiger partial charge in [-0.1, -0.05) is 66.6 Å². The Labute approximate surface area is 184 Å². The third kappa shape index (κ3) is 5.35. The molecule has 2 aromatic rings. The number of nitrogens with zero attached hydrogens (tertiary/aromatic N) is 1. The van der Waals surface area contributed by atoms with Gasteiger partial charge in [-0.2, -0.15) is 0 Å². The maximum absolute atomic E-state index is 13.3. The Morgan fingerprint density at radius 2 is 1.94 bits per heavy atom. The molecule has 1 N–H and O–H groups in total. The molecule has 1 saturated carbocycles. The Morgan fingerprint density at radius 3 is 2.74 bits per heavy atom. The highest BCUT2D eigenvalue weighted by Crippen LogP contribution is 2.33. The van der Waals surface area contributed by atoms with E-state index < -0.39 is 0 Å². The van der Waals surface area contributed by atoms with Crippen molar-refractivity contribution in [1.29, 1.82) is 0 Å². The summed E-state index contributed by atoms with van der Waals surface area (Å²) >= 11 is 0. The van der Waals surface area contributed by atoms with Crippen LogP contribution in [0.1, 0.15) is 42.4 Å². The molecule has 0 radical (unpaired) electrons. The molecule has 2 fully saturated rings. The molecule has 1 heterocycles. The maximum Gasteiger partial charge on any atom is 0.289 e. The third-order valence-electron chi connectivity index (χ3n) is 6.05. The summed E-state index contributed by atoms with van der Waals surface area (Å²) < 4.78 is 6.14. The quantitative estimate of drug-likeness (QED) is 0.725. The zero-order valence-corrected chi connectivity index (χ0v) is 18.0. The number of benzene rings is 2. The van der Waals surface area contributed by atoms with Crippen molar-refractivity contribution >= 4 is 17.9 Å². The van der Waals surface area contributed by atoms with E-state index in [2.05, 4.69) is 5.32 Å². The summed E-state index contributed by atoms with van der Waals surface area (Å²) in [5.74, 6) is 0.0270. The predicted molar refractivity (Wildman–Crippen MR) is 121 cm³/mol. The molecule has 2 unspecified atom stereocenters. The number of aryl methyl sites for hydroxylation is 1. The predicted octanol–water partition coefficient (Wildman–Crippen LogP) is 3.86. The molecule has 5 heteroatoms. The van der Waals surface area contributed by atoms with Crippen LogP contribution in [0.2, 0.25) is 0 Å². The van der Waals surface area contributed by atoms with Crippen molar-refractivity contribution in [3.8, 4) is 0 Å². The number of hydrogen-bond donors (Lipinski definition) is 1. The lowest BCUT2D eigenvalue weighted by Gasteiger charge is -2.44. The first-order chi connectivity index (χ1) is 15.1. The molecule has 2 aromatic carbocycles. The summed E-state index contributed by atoms with van der Waals surface area (Å²) in [5, 5.41) is 2.97. The van der Waals surface area contributed by atoms with Crippen molar-refractivity contribution in [3.05, 3.63) is 77.0 Å². The molecule has 2 amide bonds. The molecule has 0 bridgehead atoms. The van der Waals surface area contributed by atoms with Gasteiger partial charge in [0.2, 0.25) is 5.91 Å². The highest BCUT2D eigenvalue weighted by Gasteiger charge is 2.42. The van der Waals surface area contributed by atoms with Crippen molar-refractivity contribution < 1.29 is 14.3 Å². The molecule has 2 aliphatic rings. The number of nitrogens with one attached hydrogen (secondary N) is 1. The number of morpholine rings is 1. The van der Waals surface area contributed by atoms with Crippen molar-refractivity contribution in [2.75, 3.05) is 13.1 Å². The monoisotopic (exact) mass is 418 g/mol. The third-order valence-corrected chi connectivity index (χ3v) is 6.05. The molecule has 31 heavy (non-hydrogen) atoms. The largest absolute Gasteiger partial charge is 0.482 e. The van der Waals surface area contributed by atoms with E-state index in [0.29, 0.717) is 12.3 Å². The van der Waals surface area contributed by atoms with Crippen LogP contribution in [0.5, 0.6) is 0 Å². The van der Waals surface area contributed by atoms with Gasteiger partial charge in [0.1, 0.15) is 12.6 Å². The molecule has 5 nitrogen and oxygen atoms in total. The van der Waals surface area contributed by atoms with Crippen LogP contribution < -0.4 is 5.32 Å². The zero-order chi connectivity index (χ0) is 21.6. The lowest BCUT2D eigenvalue weighted by Crippen LogP contribution is -2.57. The van der Waals surface area contributed by atoms with Crippen LogP contribution in [0.3, 0.4) is 0 Å². The second-order valence-electron chi connectivity index (χ2n) is 8.45. The van der Waals surface area contributed by atoms with E-state index in [1.54, 1.807) is 11.0 Å². The van der Waals surface area contributed by atoms with Gasteiger partial charge in [-0.3, -0.25) is 9.59 Å². The normalized spacial score (nSPS) is 22.0. The van der Waals surface area contributed by atoms with E-state index in [1.807, 2.05) is 61.5 Å². The maximum atomic E-state index is 13.3. The minimum Gasteiger partial charge on any atom is -0.482 e. The Kier molecular flexibility index (Phi) is 6.70. The second-order valence-corrected chi connectivity index (χ2v) is 8.45. The molecule has 162 valence electrons. The van der Waals surface area contributed by atoms with Crippen LogP contribution in [0.4, 0.5) is 0 Å². The van der Waals surface area contributed by atoms with Gasteiger partial charge in [0.15, 0.2) is 5.76 Å². The molecule has 0 spiro atoms. The first-order valence-corrected chi connectivity index (χ1v) is 11.2. The van der Waals surface area contributed by atoms with Gasteiger partial charge in [-0.05, 0) is 49.8 Å². The molecular formula is C26H30N2O3. The molecule has 2 atom stereocenters. The number of amides is 2. The van der Waals surface area contributed by atoms with Crippen LogP contribution >= 0.6 is 0 Å². The zero-order valence-electron chi connectivity index (χ0n) is 18.0. The van der Waals surface area contributed by atoms with Crippen LogP contribution in [0.25, 0.3) is 6.08 Å². The highest BCUT2D eigenvalue weighted by atomic mass is 16.5. The van der Waals surface area contributed by atoms with Crippen molar-refractivity contribution in [3.63, 3.8) is 0 Å². The summed E-state index contributed by atoms with van der Waals surface area (Å²) in [6.07, 6.45) is 6.47. The fraction of sp³-hybridized carbons (Fsp3) is 0.385. The Morgan fingerprint density at radius 1 is 1.13 bits per heavy atom.